The highest BCUT2D eigenvalue weighted by Crippen LogP contribution is 2.50. The predicted octanol–water partition coefficient (Wildman–Crippen LogP) is 3.76. The van der Waals surface area contributed by atoms with E-state index in [4.69, 9.17) is 0 Å². The quantitative estimate of drug-likeness (QED) is 0.386. The van der Waals surface area contributed by atoms with E-state index >= 15 is 0 Å². The molecule has 1 aliphatic rings. The number of ether oxygens (including phenoxy) is 1. The third-order valence-electron chi connectivity index (χ3n) is 6.19. The van der Waals surface area contributed by atoms with Crippen LogP contribution in [-0.2, 0) is 10.2 Å². The first kappa shape index (κ1) is 24.1. The summed E-state index contributed by atoms with van der Waals surface area (Å²) in [5.74, 6) is -2.92. The number of halogens is 5. The summed E-state index contributed by atoms with van der Waals surface area (Å²) in [6.07, 6.45) is 4.87. The average Bonchev–Trinajstić information content (AvgIpc) is 3.55. The molecule has 10 nitrogen and oxygen atoms in total. The van der Waals surface area contributed by atoms with E-state index in [1.807, 2.05) is 0 Å². The Balaban J connectivity index is 1.54. The summed E-state index contributed by atoms with van der Waals surface area (Å²) in [5.41, 5.74) is -0.169. The van der Waals surface area contributed by atoms with Crippen molar-refractivity contribution in [2.75, 3.05) is 5.32 Å². The van der Waals surface area contributed by atoms with Gasteiger partial charge in [0.05, 0.1) is 29.7 Å². The van der Waals surface area contributed by atoms with Gasteiger partial charge in [0.1, 0.15) is 11.6 Å². The zero-order valence-electron chi connectivity index (χ0n) is 18.7. The molecule has 5 rings (SSSR count). The van der Waals surface area contributed by atoms with Crippen LogP contribution in [0.1, 0.15) is 48.2 Å². The molecule has 0 fully saturated rings. The third kappa shape index (κ3) is 4.09. The van der Waals surface area contributed by atoms with E-state index in [1.165, 1.54) is 16.9 Å². The van der Waals surface area contributed by atoms with Gasteiger partial charge in [-0.25, -0.2) is 19.2 Å². The first-order valence-corrected chi connectivity index (χ1v) is 10.6. The maximum absolute atomic E-state index is 14.0. The van der Waals surface area contributed by atoms with Crippen molar-refractivity contribution in [1.82, 2.24) is 29.4 Å². The number of aromatic nitrogens is 6. The van der Waals surface area contributed by atoms with E-state index in [2.05, 4.69) is 30.2 Å². The highest BCUT2D eigenvalue weighted by molar-refractivity contribution is 5.97. The molecule has 15 heteroatoms. The number of carbonyl (C=O) groups excluding carboxylic acids is 1. The molecule has 4 aromatic rings. The summed E-state index contributed by atoms with van der Waals surface area (Å²) in [4.78, 5) is 21.2. The van der Waals surface area contributed by atoms with Crippen molar-refractivity contribution in [2.45, 2.75) is 37.8 Å². The number of carbonyl (C=O) groups is 1. The van der Waals surface area contributed by atoms with Crippen molar-refractivity contribution in [3.8, 4) is 11.9 Å². The van der Waals surface area contributed by atoms with Crippen LogP contribution in [-0.4, -0.2) is 41.9 Å². The van der Waals surface area contributed by atoms with Crippen LogP contribution in [0.4, 0.5) is 27.6 Å². The van der Waals surface area contributed by atoms with E-state index in [-0.39, 0.29) is 23.3 Å². The number of nitrogens with one attached hydrogen (secondary N) is 1. The number of hydrogen-bond acceptors (Lipinski definition) is 7. The Morgan fingerprint density at radius 1 is 1.24 bits per heavy atom. The molecule has 0 saturated heterocycles. The summed E-state index contributed by atoms with van der Waals surface area (Å²) in [6, 6.07) is 3.88. The minimum atomic E-state index is -3.20. The van der Waals surface area contributed by atoms with Gasteiger partial charge in [0.15, 0.2) is 5.65 Å². The molecule has 0 unspecified atom stereocenters. The molecule has 37 heavy (non-hydrogen) atoms. The van der Waals surface area contributed by atoms with Gasteiger partial charge in [-0.2, -0.15) is 32.3 Å². The molecule has 1 aliphatic carbocycles. The van der Waals surface area contributed by atoms with Gasteiger partial charge < -0.3 is 10.1 Å². The van der Waals surface area contributed by atoms with Crippen molar-refractivity contribution < 1.29 is 31.5 Å². The summed E-state index contributed by atoms with van der Waals surface area (Å²) in [6.45, 7) is -4.40. The molecule has 4 aromatic heterocycles. The SMILES string of the molecule is C[C@@]1(c2cnn(C(F)F)c2)C[C@@H](C(=O)Nc2cnc(OC(F)F)c(C#N)c2)c2cnc3cc(F)nn3c21. The lowest BCUT2D eigenvalue weighted by molar-refractivity contribution is -0.117. The lowest BCUT2D eigenvalue weighted by atomic mass is 9.80. The first-order valence-electron chi connectivity index (χ1n) is 10.6. The molecule has 0 bridgehead atoms. The van der Waals surface area contributed by atoms with Gasteiger partial charge in [-0.05, 0) is 19.4 Å². The van der Waals surface area contributed by atoms with Crippen molar-refractivity contribution in [3.63, 3.8) is 0 Å². The van der Waals surface area contributed by atoms with Crippen molar-refractivity contribution >= 4 is 17.2 Å². The number of rotatable bonds is 6. The summed E-state index contributed by atoms with van der Waals surface area (Å²) >= 11 is 0. The number of fused-ring (bicyclic) bond motifs is 3. The number of alkyl halides is 4. The molecule has 0 spiro atoms. The van der Waals surface area contributed by atoms with E-state index in [1.54, 1.807) is 13.0 Å². The molecular formula is C22H15F5N8O2. The van der Waals surface area contributed by atoms with E-state index in [9.17, 15) is 32.0 Å². The minimum absolute atomic E-state index is 0.0306. The Kier molecular flexibility index (Phi) is 5.73. The second-order valence-corrected chi connectivity index (χ2v) is 8.43. The Morgan fingerprint density at radius 3 is 2.70 bits per heavy atom. The number of nitriles is 1. The maximum atomic E-state index is 14.0. The fourth-order valence-electron chi connectivity index (χ4n) is 4.57. The lowest BCUT2D eigenvalue weighted by Crippen LogP contribution is -2.25. The first-order chi connectivity index (χ1) is 17.6. The molecule has 1 amide bonds. The predicted molar refractivity (Wildman–Crippen MR) is 114 cm³/mol. The van der Waals surface area contributed by atoms with Gasteiger partial charge in [-0.1, -0.05) is 0 Å². The van der Waals surface area contributed by atoms with Crippen LogP contribution in [0.25, 0.3) is 5.65 Å². The Bertz CT molecular complexity index is 1560. The van der Waals surface area contributed by atoms with Gasteiger partial charge in [0.25, 0.3) is 0 Å². The number of nitrogens with zero attached hydrogens (tertiary/aromatic N) is 7. The van der Waals surface area contributed by atoms with E-state index < -0.39 is 42.2 Å². The van der Waals surface area contributed by atoms with Crippen LogP contribution in [0.2, 0.25) is 0 Å². The number of pyridine rings is 1. The number of hydrogen-bond donors (Lipinski definition) is 1. The molecule has 0 saturated carbocycles. The molecule has 4 heterocycles. The summed E-state index contributed by atoms with van der Waals surface area (Å²) in [5, 5.41) is 19.3. The molecule has 190 valence electrons. The van der Waals surface area contributed by atoms with Crippen molar-refractivity contribution in [3.05, 3.63) is 65.3 Å². The van der Waals surface area contributed by atoms with Crippen LogP contribution in [0.15, 0.2) is 36.9 Å². The van der Waals surface area contributed by atoms with Crippen LogP contribution in [0.3, 0.4) is 0 Å². The molecular weight excluding hydrogens is 503 g/mol. The minimum Gasteiger partial charge on any atom is -0.415 e. The topological polar surface area (TPSA) is 123 Å². The van der Waals surface area contributed by atoms with Crippen LogP contribution >= 0.6 is 0 Å². The van der Waals surface area contributed by atoms with E-state index in [0.717, 1.165) is 24.5 Å². The van der Waals surface area contributed by atoms with Crippen LogP contribution in [0.5, 0.6) is 5.88 Å². The summed E-state index contributed by atoms with van der Waals surface area (Å²) < 4.78 is 71.4. The van der Waals surface area contributed by atoms with Gasteiger partial charge in [0, 0.05) is 35.0 Å². The second kappa shape index (κ2) is 8.80. The molecule has 0 radical (unpaired) electrons. The van der Waals surface area contributed by atoms with Gasteiger partial charge in [0.2, 0.25) is 17.7 Å². The Labute approximate surface area is 204 Å². The Hall–Kier alpha value is -4.61. The smallest absolute Gasteiger partial charge is 0.388 e. The van der Waals surface area contributed by atoms with Crippen LogP contribution < -0.4 is 10.1 Å². The zero-order valence-corrected chi connectivity index (χ0v) is 18.7. The molecule has 0 aromatic carbocycles. The highest BCUT2D eigenvalue weighted by atomic mass is 19.3. The van der Waals surface area contributed by atoms with Gasteiger partial charge in [-0.15, -0.1) is 5.10 Å². The molecule has 1 N–H and O–H groups in total. The average molecular weight is 518 g/mol. The number of amides is 1. The largest absolute Gasteiger partial charge is 0.415 e. The normalized spacial score (nSPS) is 18.8. The fourth-order valence-corrected chi connectivity index (χ4v) is 4.57. The van der Waals surface area contributed by atoms with Gasteiger partial charge >= 0.3 is 13.2 Å². The Morgan fingerprint density at radius 2 is 2.03 bits per heavy atom. The lowest BCUT2D eigenvalue weighted by Gasteiger charge is -2.24. The molecule has 2 atom stereocenters. The number of anilines is 1. The maximum Gasteiger partial charge on any atom is 0.388 e. The van der Waals surface area contributed by atoms with Crippen molar-refractivity contribution in [1.29, 1.82) is 5.26 Å². The standard InChI is InChI=1S/C22H15F5N8O2/c1-22(11-6-31-34(9-11)20(24)25)4-13(14-8-29-16-3-15(23)33-35(16)17(14)22)18(36)32-12-2-10(5-28)19(30-7-12)37-21(26)27/h2-3,6-9,13,20-21H,4H2,1H3,(H,32,36)/t13-,22+/m1/s1. The monoisotopic (exact) mass is 518 g/mol. The second-order valence-electron chi connectivity index (χ2n) is 8.43. The van der Waals surface area contributed by atoms with E-state index in [0.29, 0.717) is 21.5 Å². The van der Waals surface area contributed by atoms with Crippen LogP contribution in [0, 0.1) is 17.3 Å². The van der Waals surface area contributed by atoms with Crippen molar-refractivity contribution in [2.24, 2.45) is 0 Å². The third-order valence-corrected chi connectivity index (χ3v) is 6.19. The molecule has 0 aliphatic heterocycles. The fraction of sp³-hybridized carbons (Fsp3) is 0.273. The highest BCUT2D eigenvalue weighted by Gasteiger charge is 2.48. The van der Waals surface area contributed by atoms with Gasteiger partial charge in [-0.3, -0.25) is 4.79 Å². The summed E-state index contributed by atoms with van der Waals surface area (Å²) in [7, 11) is 0. The zero-order chi connectivity index (χ0) is 26.5.